The van der Waals surface area contributed by atoms with Crippen LogP contribution in [0.3, 0.4) is 0 Å². The molecule has 4 rings (SSSR count). The van der Waals surface area contributed by atoms with Gasteiger partial charge in [-0.25, -0.2) is 0 Å². The van der Waals surface area contributed by atoms with Crippen LogP contribution in [0.2, 0.25) is 0 Å². The average molecular weight is 438 g/mol. The van der Waals surface area contributed by atoms with Crippen molar-refractivity contribution in [2.75, 3.05) is 11.1 Å². The number of hydrogen-bond acceptors (Lipinski definition) is 6. The maximum absolute atomic E-state index is 12.6. The molecule has 2 heterocycles. The van der Waals surface area contributed by atoms with Crippen molar-refractivity contribution in [3.8, 4) is 17.5 Å². The molecule has 2 aromatic heterocycles. The average Bonchev–Trinajstić information content (AvgIpc) is 3.32. The molecule has 0 atom stereocenters. The monoisotopic (exact) mass is 437 g/mol. The van der Waals surface area contributed by atoms with E-state index >= 15 is 0 Å². The molecule has 30 heavy (non-hydrogen) atoms. The molecule has 0 unspecified atom stereocenters. The van der Waals surface area contributed by atoms with Gasteiger partial charge in [-0.05, 0) is 51.2 Å². The number of aryl methyl sites for hydroxylation is 2. The third kappa shape index (κ3) is 4.13. The van der Waals surface area contributed by atoms with Gasteiger partial charge in [-0.3, -0.25) is 4.79 Å². The first-order chi connectivity index (χ1) is 14.6. The van der Waals surface area contributed by atoms with Crippen molar-refractivity contribution in [1.29, 1.82) is 5.26 Å². The van der Waals surface area contributed by atoms with Crippen LogP contribution in [-0.2, 0) is 24.2 Å². The third-order valence-corrected chi connectivity index (χ3v) is 7.35. The quantitative estimate of drug-likeness (QED) is 0.559. The second-order valence-electron chi connectivity index (χ2n) is 7.28. The summed E-state index contributed by atoms with van der Waals surface area (Å²) in [5.41, 5.74) is 3.96. The van der Waals surface area contributed by atoms with Gasteiger partial charge < -0.3 is 9.88 Å². The van der Waals surface area contributed by atoms with Crippen molar-refractivity contribution in [3.63, 3.8) is 0 Å². The smallest absolute Gasteiger partial charge is 0.235 e. The van der Waals surface area contributed by atoms with Crippen LogP contribution in [0.4, 0.5) is 5.00 Å². The van der Waals surface area contributed by atoms with Crippen molar-refractivity contribution in [1.82, 2.24) is 14.8 Å². The molecule has 0 fully saturated rings. The summed E-state index contributed by atoms with van der Waals surface area (Å²) < 4.78 is 2.03. The van der Waals surface area contributed by atoms with Crippen molar-refractivity contribution in [3.05, 3.63) is 45.8 Å². The van der Waals surface area contributed by atoms with Gasteiger partial charge in [-0.1, -0.05) is 35.5 Å². The summed E-state index contributed by atoms with van der Waals surface area (Å²) >= 11 is 2.92. The van der Waals surface area contributed by atoms with Crippen LogP contribution in [0.5, 0.6) is 0 Å². The maximum atomic E-state index is 12.6. The van der Waals surface area contributed by atoms with Gasteiger partial charge in [0.25, 0.3) is 0 Å². The molecule has 0 saturated carbocycles. The molecule has 0 radical (unpaired) electrons. The summed E-state index contributed by atoms with van der Waals surface area (Å²) in [4.78, 5) is 13.8. The van der Waals surface area contributed by atoms with E-state index in [0.29, 0.717) is 10.6 Å². The van der Waals surface area contributed by atoms with Crippen LogP contribution in [0, 0.1) is 18.3 Å². The molecule has 0 bridgehead atoms. The van der Waals surface area contributed by atoms with Gasteiger partial charge in [-0.2, -0.15) is 5.26 Å². The molecule has 8 heteroatoms. The number of fused-ring (bicyclic) bond motifs is 1. The minimum atomic E-state index is -0.127. The van der Waals surface area contributed by atoms with Crippen molar-refractivity contribution in [2.24, 2.45) is 0 Å². The van der Waals surface area contributed by atoms with Gasteiger partial charge in [0.1, 0.15) is 11.1 Å². The predicted octanol–water partition coefficient (Wildman–Crippen LogP) is 4.82. The van der Waals surface area contributed by atoms with Crippen LogP contribution in [0.25, 0.3) is 11.4 Å². The maximum Gasteiger partial charge on any atom is 0.235 e. The highest BCUT2D eigenvalue weighted by atomic mass is 32.2. The highest BCUT2D eigenvalue weighted by Gasteiger charge is 2.22. The van der Waals surface area contributed by atoms with Crippen molar-refractivity contribution >= 4 is 34.0 Å². The number of thiophene rings is 1. The number of amides is 1. The number of nitriles is 1. The van der Waals surface area contributed by atoms with E-state index in [1.807, 2.05) is 36.6 Å². The van der Waals surface area contributed by atoms with Gasteiger partial charge in [0.2, 0.25) is 5.91 Å². The standard InChI is InChI=1S/C22H23N5OS2/c1-3-27-20(15-8-6-7-14(2)11-15)25-26-22(27)29-13-19(28)24-21-17(12-23)16-9-4-5-10-18(16)30-21/h6-8,11H,3-5,9-10,13H2,1-2H3,(H,24,28). The van der Waals surface area contributed by atoms with Gasteiger partial charge in [-0.15, -0.1) is 21.5 Å². The Labute approximate surface area is 184 Å². The largest absolute Gasteiger partial charge is 0.316 e. The first-order valence-corrected chi connectivity index (χ1v) is 11.9. The number of nitrogens with zero attached hydrogens (tertiary/aromatic N) is 4. The molecule has 154 valence electrons. The molecule has 1 aliphatic carbocycles. The van der Waals surface area contributed by atoms with Gasteiger partial charge in [0, 0.05) is 17.0 Å². The summed E-state index contributed by atoms with van der Waals surface area (Å²) in [6.07, 6.45) is 4.19. The zero-order valence-electron chi connectivity index (χ0n) is 17.1. The van der Waals surface area contributed by atoms with Crippen molar-refractivity contribution < 1.29 is 4.79 Å². The number of thioether (sulfide) groups is 1. The second-order valence-corrected chi connectivity index (χ2v) is 9.33. The molecule has 1 amide bonds. The molecule has 0 saturated heterocycles. The van der Waals surface area contributed by atoms with E-state index < -0.39 is 0 Å². The van der Waals surface area contributed by atoms with Crippen LogP contribution in [-0.4, -0.2) is 26.4 Å². The summed E-state index contributed by atoms with van der Waals surface area (Å²) in [5, 5.41) is 22.6. The van der Waals surface area contributed by atoms with E-state index in [1.54, 1.807) is 11.3 Å². The third-order valence-electron chi connectivity index (χ3n) is 5.18. The van der Waals surface area contributed by atoms with E-state index in [1.165, 1.54) is 22.2 Å². The van der Waals surface area contributed by atoms with E-state index in [0.717, 1.165) is 54.3 Å². The van der Waals surface area contributed by atoms with Gasteiger partial charge in [0.15, 0.2) is 11.0 Å². The fourth-order valence-electron chi connectivity index (χ4n) is 3.74. The first-order valence-electron chi connectivity index (χ1n) is 10.1. The Bertz CT molecular complexity index is 1130. The van der Waals surface area contributed by atoms with Crippen molar-refractivity contribution in [2.45, 2.75) is 51.2 Å². The molecular formula is C22H23N5OS2. The van der Waals surface area contributed by atoms with E-state index in [9.17, 15) is 10.1 Å². The fraction of sp³-hybridized carbons (Fsp3) is 0.364. The van der Waals surface area contributed by atoms with Crippen LogP contribution in [0.1, 0.15) is 41.3 Å². The lowest BCUT2D eigenvalue weighted by Crippen LogP contribution is -2.14. The zero-order valence-corrected chi connectivity index (χ0v) is 18.7. The van der Waals surface area contributed by atoms with Crippen LogP contribution in [0.15, 0.2) is 29.4 Å². The first kappa shape index (κ1) is 20.6. The fourth-order valence-corrected chi connectivity index (χ4v) is 5.80. The topological polar surface area (TPSA) is 83.6 Å². The predicted molar refractivity (Wildman–Crippen MR) is 121 cm³/mol. The summed E-state index contributed by atoms with van der Waals surface area (Å²) in [5.74, 6) is 0.902. The molecule has 3 aromatic rings. The second kappa shape index (κ2) is 9.02. The minimum Gasteiger partial charge on any atom is -0.316 e. The molecule has 1 N–H and O–H groups in total. The normalized spacial score (nSPS) is 13.0. The minimum absolute atomic E-state index is 0.127. The highest BCUT2D eigenvalue weighted by Crippen LogP contribution is 2.37. The van der Waals surface area contributed by atoms with E-state index in [-0.39, 0.29) is 11.7 Å². The number of rotatable bonds is 6. The molecule has 0 spiro atoms. The number of nitrogens with one attached hydrogen (secondary N) is 1. The summed E-state index contributed by atoms with van der Waals surface area (Å²) in [6.45, 7) is 4.81. The molecular weight excluding hydrogens is 414 g/mol. The van der Waals surface area contributed by atoms with E-state index in [4.69, 9.17) is 0 Å². The lowest BCUT2D eigenvalue weighted by Gasteiger charge is -2.09. The lowest BCUT2D eigenvalue weighted by molar-refractivity contribution is -0.113. The number of anilines is 1. The number of carbonyl (C=O) groups excluding carboxylic acids is 1. The highest BCUT2D eigenvalue weighted by molar-refractivity contribution is 7.99. The summed E-state index contributed by atoms with van der Waals surface area (Å²) in [6, 6.07) is 10.4. The Balaban J connectivity index is 1.46. The van der Waals surface area contributed by atoms with Crippen LogP contribution < -0.4 is 5.32 Å². The number of carbonyl (C=O) groups is 1. The molecule has 1 aromatic carbocycles. The van der Waals surface area contributed by atoms with Gasteiger partial charge >= 0.3 is 0 Å². The van der Waals surface area contributed by atoms with Crippen LogP contribution >= 0.6 is 23.1 Å². The number of benzene rings is 1. The van der Waals surface area contributed by atoms with E-state index in [2.05, 4.69) is 27.6 Å². The lowest BCUT2D eigenvalue weighted by atomic mass is 9.96. The Hall–Kier alpha value is -2.63. The number of hydrogen-bond donors (Lipinski definition) is 1. The molecule has 1 aliphatic rings. The molecule has 0 aliphatic heterocycles. The number of aromatic nitrogens is 3. The summed E-state index contributed by atoms with van der Waals surface area (Å²) in [7, 11) is 0. The Morgan fingerprint density at radius 3 is 2.93 bits per heavy atom. The Morgan fingerprint density at radius 2 is 2.17 bits per heavy atom. The Kier molecular flexibility index (Phi) is 6.21. The van der Waals surface area contributed by atoms with Gasteiger partial charge in [0.05, 0.1) is 11.3 Å². The zero-order chi connectivity index (χ0) is 21.1. The SMILES string of the molecule is CCn1c(SCC(=O)Nc2sc3c(c2C#N)CCCC3)nnc1-c1cccc(C)c1. The molecule has 6 nitrogen and oxygen atoms in total. The Morgan fingerprint density at radius 1 is 1.33 bits per heavy atom.